The van der Waals surface area contributed by atoms with Gasteiger partial charge >= 0.3 is 0 Å². The highest BCUT2D eigenvalue weighted by atomic mass is 127. The number of aryl methyl sites for hydroxylation is 1. The quantitative estimate of drug-likeness (QED) is 0.625. The number of rotatable bonds is 5. The van der Waals surface area contributed by atoms with Crippen LogP contribution >= 0.6 is 22.6 Å². The van der Waals surface area contributed by atoms with Crippen molar-refractivity contribution in [1.29, 1.82) is 0 Å². The predicted molar refractivity (Wildman–Crippen MR) is 101 cm³/mol. The molecule has 0 atom stereocenters. The Hall–Kier alpha value is -1.42. The van der Waals surface area contributed by atoms with Crippen molar-refractivity contribution in [3.63, 3.8) is 0 Å². The molecular weight excluding hydrogens is 449 g/mol. The number of benzene rings is 2. The average molecular weight is 466 g/mol. The van der Waals surface area contributed by atoms with Gasteiger partial charge in [-0.05, 0) is 73.2 Å². The largest absolute Gasteiger partial charge is 0.349 e. The van der Waals surface area contributed by atoms with Gasteiger partial charge in [-0.15, -0.1) is 0 Å². The highest BCUT2D eigenvalue weighted by Gasteiger charge is 2.20. The maximum atomic E-state index is 14.5. The lowest BCUT2D eigenvalue weighted by molar-refractivity contribution is 0.592. The van der Waals surface area contributed by atoms with Crippen molar-refractivity contribution in [2.75, 3.05) is 10.0 Å². The molecule has 24 heavy (non-hydrogen) atoms. The lowest BCUT2D eigenvalue weighted by Gasteiger charge is -2.18. The van der Waals surface area contributed by atoms with Crippen molar-refractivity contribution < 1.29 is 17.2 Å². The zero-order chi connectivity index (χ0) is 18.1. The molecule has 0 unspecified atom stereocenters. The van der Waals surface area contributed by atoms with Crippen LogP contribution in [-0.2, 0) is 10.0 Å². The van der Waals surface area contributed by atoms with E-state index in [0.717, 1.165) is 0 Å². The summed E-state index contributed by atoms with van der Waals surface area (Å²) in [4.78, 5) is 0. The highest BCUT2D eigenvalue weighted by Crippen LogP contribution is 2.33. The normalized spacial score (nSPS) is 11.6. The molecule has 0 radical (unpaired) electrons. The summed E-state index contributed by atoms with van der Waals surface area (Å²) in [6.45, 7) is 4.57. The van der Waals surface area contributed by atoms with E-state index < -0.39 is 26.9 Å². The van der Waals surface area contributed by atoms with Crippen LogP contribution in [0.3, 0.4) is 0 Å². The highest BCUT2D eigenvalue weighted by molar-refractivity contribution is 14.1. The van der Waals surface area contributed by atoms with Crippen LogP contribution in [-0.4, -0.2) is 13.7 Å². The Labute approximate surface area is 153 Å². The van der Waals surface area contributed by atoms with Crippen molar-refractivity contribution in [1.82, 2.24) is 0 Å². The van der Waals surface area contributed by atoms with E-state index in [1.54, 1.807) is 13.0 Å². The smallest absolute Gasteiger partial charge is 0.235 e. The van der Waals surface area contributed by atoms with Crippen LogP contribution in [0.25, 0.3) is 0 Å². The first-order valence-electron chi connectivity index (χ1n) is 7.14. The van der Waals surface area contributed by atoms with E-state index in [0.29, 0.717) is 9.13 Å². The number of halogens is 3. The van der Waals surface area contributed by atoms with Crippen LogP contribution in [0.5, 0.6) is 0 Å². The molecule has 0 aliphatic carbocycles. The maximum absolute atomic E-state index is 14.5. The molecule has 0 aliphatic heterocycles. The average Bonchev–Trinajstić information content (AvgIpc) is 2.48. The lowest BCUT2D eigenvalue weighted by Crippen LogP contribution is -2.23. The first-order valence-corrected chi connectivity index (χ1v) is 9.77. The van der Waals surface area contributed by atoms with Gasteiger partial charge in [-0.3, -0.25) is 4.72 Å². The second kappa shape index (κ2) is 7.22. The summed E-state index contributed by atoms with van der Waals surface area (Å²) in [5.74, 6) is -1.20. The molecule has 2 aromatic carbocycles. The van der Waals surface area contributed by atoms with E-state index >= 15 is 0 Å². The molecular formula is C16H17F2IN2O2S. The van der Waals surface area contributed by atoms with Crippen molar-refractivity contribution in [2.24, 2.45) is 0 Å². The zero-order valence-electron chi connectivity index (χ0n) is 13.3. The van der Waals surface area contributed by atoms with E-state index in [-0.39, 0.29) is 17.1 Å². The topological polar surface area (TPSA) is 58.2 Å². The third kappa shape index (κ3) is 4.15. The van der Waals surface area contributed by atoms with E-state index in [9.17, 15) is 17.2 Å². The molecule has 0 aliphatic rings. The summed E-state index contributed by atoms with van der Waals surface area (Å²) in [6, 6.07) is 7.35. The van der Waals surface area contributed by atoms with Gasteiger partial charge in [-0.1, -0.05) is 6.07 Å². The van der Waals surface area contributed by atoms with Crippen LogP contribution in [0.4, 0.5) is 25.8 Å². The van der Waals surface area contributed by atoms with Gasteiger partial charge in [0.1, 0.15) is 5.82 Å². The second-order valence-corrected chi connectivity index (χ2v) is 9.05. The number of anilines is 3. The van der Waals surface area contributed by atoms with E-state index in [1.165, 1.54) is 38.1 Å². The first kappa shape index (κ1) is 18.9. The van der Waals surface area contributed by atoms with E-state index in [4.69, 9.17) is 0 Å². The van der Waals surface area contributed by atoms with Crippen LogP contribution in [0, 0.1) is 22.1 Å². The third-order valence-corrected chi connectivity index (χ3v) is 5.82. The van der Waals surface area contributed by atoms with Crippen molar-refractivity contribution in [2.45, 2.75) is 26.0 Å². The molecule has 2 rings (SSSR count). The number of hydrogen-bond donors (Lipinski definition) is 2. The summed E-state index contributed by atoms with van der Waals surface area (Å²) >= 11 is 1.96. The minimum Gasteiger partial charge on any atom is -0.349 e. The van der Waals surface area contributed by atoms with Gasteiger partial charge in [-0.25, -0.2) is 17.2 Å². The van der Waals surface area contributed by atoms with Crippen molar-refractivity contribution in [3.8, 4) is 0 Å². The number of sulfonamides is 1. The molecule has 130 valence electrons. The molecule has 0 saturated carbocycles. The Bertz CT molecular complexity index is 871. The summed E-state index contributed by atoms with van der Waals surface area (Å²) in [6.07, 6.45) is 0. The fourth-order valence-electron chi connectivity index (χ4n) is 1.88. The summed E-state index contributed by atoms with van der Waals surface area (Å²) in [5, 5.41) is 1.97. The lowest BCUT2D eigenvalue weighted by atomic mass is 10.1. The number of nitrogens with one attached hydrogen (secondary N) is 2. The Morgan fingerprint density at radius 2 is 1.71 bits per heavy atom. The minimum absolute atomic E-state index is 0.0322. The van der Waals surface area contributed by atoms with Gasteiger partial charge < -0.3 is 5.32 Å². The fraction of sp³-hybridized carbons (Fsp3) is 0.250. The monoisotopic (exact) mass is 466 g/mol. The first-order chi connectivity index (χ1) is 11.1. The third-order valence-electron chi connectivity index (χ3n) is 3.40. The molecule has 0 saturated heterocycles. The standard InChI is InChI=1S/C16H17F2IN2O2S/c1-9(2)24(22,23)21-14-6-4-10(3)15(18)16(14)20-13-7-5-11(19)8-12(13)17/h4-9,20-21H,1-3H3. The fourth-order valence-corrected chi connectivity index (χ4v) is 3.05. The molecule has 0 aromatic heterocycles. The Balaban J connectivity index is 2.49. The molecule has 0 amide bonds. The second-order valence-electron chi connectivity index (χ2n) is 5.56. The van der Waals surface area contributed by atoms with Gasteiger partial charge in [0.15, 0.2) is 5.82 Å². The molecule has 2 aromatic rings. The summed E-state index contributed by atoms with van der Waals surface area (Å²) < 4.78 is 55.7. The van der Waals surface area contributed by atoms with Crippen molar-refractivity contribution >= 4 is 49.7 Å². The van der Waals surface area contributed by atoms with Gasteiger partial charge in [-0.2, -0.15) is 0 Å². The van der Waals surface area contributed by atoms with Gasteiger partial charge in [0.25, 0.3) is 0 Å². The molecule has 0 heterocycles. The minimum atomic E-state index is -3.66. The van der Waals surface area contributed by atoms with Gasteiger partial charge in [0.05, 0.1) is 22.3 Å². The van der Waals surface area contributed by atoms with Crippen molar-refractivity contribution in [3.05, 3.63) is 51.1 Å². The zero-order valence-corrected chi connectivity index (χ0v) is 16.3. The van der Waals surface area contributed by atoms with E-state index in [1.807, 2.05) is 22.6 Å². The van der Waals surface area contributed by atoms with Crippen LogP contribution in [0.15, 0.2) is 30.3 Å². The SMILES string of the molecule is Cc1ccc(NS(=O)(=O)C(C)C)c(Nc2ccc(I)cc2F)c1F. The molecule has 0 fully saturated rings. The predicted octanol–water partition coefficient (Wildman–Crippen LogP) is 4.77. The van der Waals surface area contributed by atoms with Gasteiger partial charge in [0, 0.05) is 3.57 Å². The number of hydrogen-bond acceptors (Lipinski definition) is 3. The van der Waals surface area contributed by atoms with Crippen LogP contribution in [0.1, 0.15) is 19.4 Å². The molecule has 0 spiro atoms. The Morgan fingerprint density at radius 3 is 2.29 bits per heavy atom. The Morgan fingerprint density at radius 1 is 1.08 bits per heavy atom. The van der Waals surface area contributed by atoms with Crippen LogP contribution < -0.4 is 10.0 Å². The molecule has 8 heteroatoms. The Kier molecular flexibility index (Phi) is 5.69. The summed E-state index contributed by atoms with van der Waals surface area (Å²) in [5.41, 5.74) is 0.296. The molecule has 4 nitrogen and oxygen atoms in total. The summed E-state index contributed by atoms with van der Waals surface area (Å²) in [7, 11) is -3.66. The van der Waals surface area contributed by atoms with Crippen LogP contribution in [0.2, 0.25) is 0 Å². The molecule has 0 bridgehead atoms. The maximum Gasteiger partial charge on any atom is 0.235 e. The molecule has 2 N–H and O–H groups in total. The van der Waals surface area contributed by atoms with Gasteiger partial charge in [0.2, 0.25) is 10.0 Å². The van der Waals surface area contributed by atoms with E-state index in [2.05, 4.69) is 10.0 Å².